The SMILES string of the molecule is CCCCC(CC(C)(CCCC)NCC)NCC. The second kappa shape index (κ2) is 10.8. The van der Waals surface area contributed by atoms with Gasteiger partial charge in [-0.15, -0.1) is 0 Å². The van der Waals surface area contributed by atoms with Crippen molar-refractivity contribution in [3.05, 3.63) is 0 Å². The van der Waals surface area contributed by atoms with Crippen molar-refractivity contribution in [1.29, 1.82) is 0 Å². The molecule has 2 nitrogen and oxygen atoms in total. The molecule has 0 aromatic rings. The van der Waals surface area contributed by atoms with Gasteiger partial charge in [-0.3, -0.25) is 0 Å². The molecule has 0 rings (SSSR count). The number of rotatable bonds is 12. The van der Waals surface area contributed by atoms with Gasteiger partial charge in [-0.1, -0.05) is 53.4 Å². The first-order chi connectivity index (χ1) is 8.61. The van der Waals surface area contributed by atoms with Crippen LogP contribution in [0.4, 0.5) is 0 Å². The molecule has 0 spiro atoms. The Bertz CT molecular complexity index is 182. The molecule has 0 heterocycles. The summed E-state index contributed by atoms with van der Waals surface area (Å²) >= 11 is 0. The third-order valence-electron chi connectivity index (χ3n) is 3.78. The van der Waals surface area contributed by atoms with Crippen LogP contribution in [0, 0.1) is 0 Å². The molecule has 2 atom stereocenters. The Hall–Kier alpha value is -0.0800. The van der Waals surface area contributed by atoms with E-state index >= 15 is 0 Å². The molecule has 0 bridgehead atoms. The maximum absolute atomic E-state index is 3.72. The van der Waals surface area contributed by atoms with E-state index in [0.717, 1.165) is 13.1 Å². The molecule has 0 aromatic heterocycles. The summed E-state index contributed by atoms with van der Waals surface area (Å²) in [5, 5.41) is 7.39. The predicted octanol–water partition coefficient (Wildman–Crippen LogP) is 4.10. The highest BCUT2D eigenvalue weighted by Gasteiger charge is 2.25. The summed E-state index contributed by atoms with van der Waals surface area (Å²) in [6.07, 6.45) is 9.14. The van der Waals surface area contributed by atoms with Gasteiger partial charge in [-0.05, 0) is 39.3 Å². The lowest BCUT2D eigenvalue weighted by molar-refractivity contribution is 0.260. The fraction of sp³-hybridized carbons (Fsp3) is 1.00. The maximum atomic E-state index is 3.72. The van der Waals surface area contributed by atoms with Crippen LogP contribution in [-0.4, -0.2) is 24.7 Å². The van der Waals surface area contributed by atoms with Gasteiger partial charge in [0.05, 0.1) is 0 Å². The third kappa shape index (κ3) is 8.10. The van der Waals surface area contributed by atoms with Gasteiger partial charge in [-0.25, -0.2) is 0 Å². The van der Waals surface area contributed by atoms with E-state index in [9.17, 15) is 0 Å². The fourth-order valence-corrected chi connectivity index (χ4v) is 2.82. The van der Waals surface area contributed by atoms with E-state index in [1.165, 1.54) is 44.9 Å². The van der Waals surface area contributed by atoms with E-state index in [-0.39, 0.29) is 0 Å². The number of nitrogens with one attached hydrogen (secondary N) is 2. The fourth-order valence-electron chi connectivity index (χ4n) is 2.82. The Balaban J connectivity index is 4.36. The molecule has 0 amide bonds. The van der Waals surface area contributed by atoms with Gasteiger partial charge in [-0.2, -0.15) is 0 Å². The Morgan fingerprint density at radius 1 is 0.944 bits per heavy atom. The topological polar surface area (TPSA) is 24.1 Å². The summed E-state index contributed by atoms with van der Waals surface area (Å²) in [6.45, 7) is 13.6. The molecule has 0 aromatic carbocycles. The van der Waals surface area contributed by atoms with E-state index in [0.29, 0.717) is 11.6 Å². The minimum atomic E-state index is 0.311. The number of hydrogen-bond donors (Lipinski definition) is 2. The first-order valence-corrected chi connectivity index (χ1v) is 8.10. The van der Waals surface area contributed by atoms with Crippen molar-refractivity contribution in [2.75, 3.05) is 13.1 Å². The molecule has 0 aliphatic carbocycles. The second-order valence-electron chi connectivity index (χ2n) is 5.80. The highest BCUT2D eigenvalue weighted by atomic mass is 15.0. The Kier molecular flexibility index (Phi) is 10.8. The lowest BCUT2D eigenvalue weighted by Gasteiger charge is -2.35. The molecule has 2 unspecified atom stereocenters. The van der Waals surface area contributed by atoms with Crippen LogP contribution in [0.1, 0.15) is 79.6 Å². The lowest BCUT2D eigenvalue weighted by atomic mass is 9.86. The smallest absolute Gasteiger partial charge is 0.0168 e. The molecular formula is C16H36N2. The lowest BCUT2D eigenvalue weighted by Crippen LogP contribution is -2.47. The van der Waals surface area contributed by atoms with Crippen LogP contribution in [0.3, 0.4) is 0 Å². The summed E-state index contributed by atoms with van der Waals surface area (Å²) < 4.78 is 0. The molecule has 0 saturated carbocycles. The number of unbranched alkanes of at least 4 members (excludes halogenated alkanes) is 2. The molecule has 0 saturated heterocycles. The third-order valence-corrected chi connectivity index (χ3v) is 3.78. The van der Waals surface area contributed by atoms with E-state index < -0.39 is 0 Å². The largest absolute Gasteiger partial charge is 0.314 e. The van der Waals surface area contributed by atoms with Crippen molar-refractivity contribution in [2.45, 2.75) is 91.1 Å². The first kappa shape index (κ1) is 17.9. The molecule has 0 aliphatic heterocycles. The van der Waals surface area contributed by atoms with Crippen LogP contribution in [0.15, 0.2) is 0 Å². The van der Waals surface area contributed by atoms with Gasteiger partial charge in [0.15, 0.2) is 0 Å². The minimum absolute atomic E-state index is 0.311. The van der Waals surface area contributed by atoms with Crippen molar-refractivity contribution in [2.24, 2.45) is 0 Å². The molecule has 0 fully saturated rings. The Morgan fingerprint density at radius 2 is 1.61 bits per heavy atom. The van der Waals surface area contributed by atoms with Gasteiger partial charge in [0.25, 0.3) is 0 Å². The van der Waals surface area contributed by atoms with Crippen molar-refractivity contribution in [1.82, 2.24) is 10.6 Å². The normalized spacial score (nSPS) is 16.5. The van der Waals surface area contributed by atoms with Crippen LogP contribution in [0.5, 0.6) is 0 Å². The van der Waals surface area contributed by atoms with Gasteiger partial charge >= 0.3 is 0 Å². The van der Waals surface area contributed by atoms with Gasteiger partial charge in [0, 0.05) is 11.6 Å². The Morgan fingerprint density at radius 3 is 2.11 bits per heavy atom. The van der Waals surface area contributed by atoms with Crippen LogP contribution < -0.4 is 10.6 Å². The van der Waals surface area contributed by atoms with Crippen LogP contribution in [0.25, 0.3) is 0 Å². The van der Waals surface area contributed by atoms with Gasteiger partial charge < -0.3 is 10.6 Å². The highest BCUT2D eigenvalue weighted by Crippen LogP contribution is 2.22. The summed E-state index contributed by atoms with van der Waals surface area (Å²) in [5.41, 5.74) is 0.311. The molecule has 110 valence electrons. The molecule has 2 heteroatoms. The van der Waals surface area contributed by atoms with E-state index in [2.05, 4.69) is 45.3 Å². The standard InChI is InChI=1S/C16H36N2/c1-6-10-12-15(17-8-3)14-16(5,18-9-4)13-11-7-2/h15,17-18H,6-14H2,1-5H3. The summed E-state index contributed by atoms with van der Waals surface area (Å²) in [7, 11) is 0. The van der Waals surface area contributed by atoms with Gasteiger partial charge in [0.1, 0.15) is 0 Å². The quantitative estimate of drug-likeness (QED) is 0.549. The second-order valence-corrected chi connectivity index (χ2v) is 5.80. The Labute approximate surface area is 115 Å². The first-order valence-electron chi connectivity index (χ1n) is 8.10. The highest BCUT2D eigenvalue weighted by molar-refractivity contribution is 4.87. The summed E-state index contributed by atoms with van der Waals surface area (Å²) in [4.78, 5) is 0. The predicted molar refractivity (Wildman–Crippen MR) is 83.2 cm³/mol. The minimum Gasteiger partial charge on any atom is -0.314 e. The number of hydrogen-bond acceptors (Lipinski definition) is 2. The summed E-state index contributed by atoms with van der Waals surface area (Å²) in [5.74, 6) is 0. The van der Waals surface area contributed by atoms with Crippen molar-refractivity contribution in [3.8, 4) is 0 Å². The zero-order valence-electron chi connectivity index (χ0n) is 13.4. The molecule has 0 aliphatic rings. The average Bonchev–Trinajstić information content (AvgIpc) is 2.34. The van der Waals surface area contributed by atoms with Crippen LogP contribution >= 0.6 is 0 Å². The van der Waals surface area contributed by atoms with Crippen molar-refractivity contribution < 1.29 is 0 Å². The zero-order chi connectivity index (χ0) is 13.9. The zero-order valence-corrected chi connectivity index (χ0v) is 13.4. The molecular weight excluding hydrogens is 220 g/mol. The van der Waals surface area contributed by atoms with E-state index in [1.807, 2.05) is 0 Å². The molecule has 18 heavy (non-hydrogen) atoms. The van der Waals surface area contributed by atoms with Crippen LogP contribution in [0.2, 0.25) is 0 Å². The van der Waals surface area contributed by atoms with Crippen LogP contribution in [-0.2, 0) is 0 Å². The van der Waals surface area contributed by atoms with Gasteiger partial charge in [0.2, 0.25) is 0 Å². The summed E-state index contributed by atoms with van der Waals surface area (Å²) in [6, 6.07) is 0.677. The van der Waals surface area contributed by atoms with E-state index in [1.54, 1.807) is 0 Å². The van der Waals surface area contributed by atoms with E-state index in [4.69, 9.17) is 0 Å². The van der Waals surface area contributed by atoms with Crippen molar-refractivity contribution in [3.63, 3.8) is 0 Å². The van der Waals surface area contributed by atoms with Crippen molar-refractivity contribution >= 4 is 0 Å². The monoisotopic (exact) mass is 256 g/mol. The molecule has 2 N–H and O–H groups in total. The maximum Gasteiger partial charge on any atom is 0.0168 e. The molecule has 0 radical (unpaired) electrons. The average molecular weight is 256 g/mol.